The lowest BCUT2D eigenvalue weighted by Crippen LogP contribution is -2.42. The highest BCUT2D eigenvalue weighted by Gasteiger charge is 2.14. The first kappa shape index (κ1) is 14.3. The average molecular weight is 297 g/mol. The van der Waals surface area contributed by atoms with Crippen LogP contribution in [0.3, 0.4) is 0 Å². The highest BCUT2D eigenvalue weighted by Crippen LogP contribution is 2.14. The molecule has 0 fully saturated rings. The van der Waals surface area contributed by atoms with Crippen molar-refractivity contribution in [3.8, 4) is 0 Å². The number of aromatic amines is 2. The Morgan fingerprint density at radius 2 is 2.18 bits per heavy atom. The van der Waals surface area contributed by atoms with E-state index in [0.29, 0.717) is 13.0 Å². The Bertz CT molecular complexity index is 714. The highest BCUT2D eigenvalue weighted by molar-refractivity contribution is 5.82. The van der Waals surface area contributed by atoms with Gasteiger partial charge in [-0.05, 0) is 17.5 Å². The van der Waals surface area contributed by atoms with E-state index in [1.165, 1.54) is 5.39 Å². The number of para-hydroxylation sites is 1. The van der Waals surface area contributed by atoms with Gasteiger partial charge in [0.15, 0.2) is 0 Å². The molecular weight excluding hydrogens is 278 g/mol. The van der Waals surface area contributed by atoms with Crippen LogP contribution in [0.1, 0.15) is 11.4 Å². The van der Waals surface area contributed by atoms with Crippen LogP contribution in [0.2, 0.25) is 0 Å². The van der Waals surface area contributed by atoms with Gasteiger partial charge in [0.1, 0.15) is 0 Å². The summed E-state index contributed by atoms with van der Waals surface area (Å²) in [5.74, 6) is -0.147. The number of hydrogen-bond donors (Lipinski definition) is 4. The van der Waals surface area contributed by atoms with Gasteiger partial charge in [0.2, 0.25) is 5.91 Å². The second kappa shape index (κ2) is 6.44. The molecule has 0 saturated carbocycles. The molecular formula is C16H19N5O. The lowest BCUT2D eigenvalue weighted by atomic mass is 10.1. The van der Waals surface area contributed by atoms with Crippen LogP contribution in [0, 0.1) is 0 Å². The van der Waals surface area contributed by atoms with Crippen molar-refractivity contribution in [3.63, 3.8) is 0 Å². The molecule has 0 saturated heterocycles. The molecule has 3 rings (SSSR count). The van der Waals surface area contributed by atoms with E-state index in [1.807, 2.05) is 18.2 Å². The predicted molar refractivity (Wildman–Crippen MR) is 85.3 cm³/mol. The van der Waals surface area contributed by atoms with Gasteiger partial charge in [-0.3, -0.25) is 4.79 Å². The quantitative estimate of drug-likeness (QED) is 0.548. The lowest BCUT2D eigenvalue weighted by Gasteiger charge is -2.10. The number of nitrogens with zero attached hydrogens (tertiary/aromatic N) is 1. The number of carbonyl (C=O) groups excluding carboxylic acids is 1. The molecule has 0 aliphatic heterocycles. The standard InChI is InChI=1S/C16H19N5O/c17-14(8-13-9-18-10-20-13)16(22)19-6-5-12-7-11-3-1-2-4-15(11)21-12/h1-4,7,9-10,14,21H,5-6,8,17H2,(H,18,20)(H,19,22). The summed E-state index contributed by atoms with van der Waals surface area (Å²) in [5.41, 5.74) is 8.95. The second-order valence-electron chi connectivity index (χ2n) is 5.31. The first-order chi connectivity index (χ1) is 10.7. The summed E-state index contributed by atoms with van der Waals surface area (Å²) in [6.45, 7) is 0.558. The third-order valence-corrected chi connectivity index (χ3v) is 3.61. The van der Waals surface area contributed by atoms with Gasteiger partial charge in [-0.1, -0.05) is 18.2 Å². The maximum Gasteiger partial charge on any atom is 0.237 e. The van der Waals surface area contributed by atoms with Crippen molar-refractivity contribution in [2.75, 3.05) is 6.54 Å². The number of rotatable bonds is 6. The molecule has 1 unspecified atom stereocenters. The van der Waals surface area contributed by atoms with Gasteiger partial charge < -0.3 is 21.0 Å². The van der Waals surface area contributed by atoms with Gasteiger partial charge in [-0.25, -0.2) is 4.98 Å². The average Bonchev–Trinajstić information content (AvgIpc) is 3.15. The van der Waals surface area contributed by atoms with Crippen LogP contribution in [-0.4, -0.2) is 33.4 Å². The van der Waals surface area contributed by atoms with Crippen LogP contribution in [0.5, 0.6) is 0 Å². The maximum absolute atomic E-state index is 12.0. The molecule has 114 valence electrons. The summed E-state index contributed by atoms with van der Waals surface area (Å²) < 4.78 is 0. The Hall–Kier alpha value is -2.60. The van der Waals surface area contributed by atoms with Crippen molar-refractivity contribution in [3.05, 3.63) is 54.2 Å². The number of hydrogen-bond acceptors (Lipinski definition) is 3. The van der Waals surface area contributed by atoms with E-state index >= 15 is 0 Å². The van der Waals surface area contributed by atoms with E-state index in [1.54, 1.807) is 12.5 Å². The molecule has 2 aromatic heterocycles. The zero-order valence-electron chi connectivity index (χ0n) is 12.2. The zero-order chi connectivity index (χ0) is 15.4. The maximum atomic E-state index is 12.0. The van der Waals surface area contributed by atoms with Gasteiger partial charge in [-0.15, -0.1) is 0 Å². The molecule has 0 bridgehead atoms. The fourth-order valence-corrected chi connectivity index (χ4v) is 2.45. The summed E-state index contributed by atoms with van der Waals surface area (Å²) in [7, 11) is 0. The van der Waals surface area contributed by atoms with Crippen LogP contribution in [-0.2, 0) is 17.6 Å². The molecule has 6 nitrogen and oxygen atoms in total. The molecule has 0 aliphatic carbocycles. The number of aromatic nitrogens is 3. The Morgan fingerprint density at radius 1 is 1.32 bits per heavy atom. The van der Waals surface area contributed by atoms with Gasteiger partial charge in [-0.2, -0.15) is 0 Å². The Morgan fingerprint density at radius 3 is 2.95 bits per heavy atom. The van der Waals surface area contributed by atoms with Crippen LogP contribution >= 0.6 is 0 Å². The number of carbonyl (C=O) groups is 1. The van der Waals surface area contributed by atoms with Crippen molar-refractivity contribution in [1.82, 2.24) is 20.3 Å². The van der Waals surface area contributed by atoms with Gasteiger partial charge in [0.05, 0.1) is 12.4 Å². The third-order valence-electron chi connectivity index (χ3n) is 3.61. The summed E-state index contributed by atoms with van der Waals surface area (Å²) in [4.78, 5) is 22.1. The minimum Gasteiger partial charge on any atom is -0.358 e. The molecule has 1 atom stereocenters. The number of nitrogens with two attached hydrogens (primary N) is 1. The molecule has 0 radical (unpaired) electrons. The molecule has 0 aliphatic rings. The first-order valence-electron chi connectivity index (χ1n) is 7.29. The minimum atomic E-state index is -0.567. The number of imidazole rings is 1. The Labute approximate surface area is 128 Å². The van der Waals surface area contributed by atoms with E-state index in [9.17, 15) is 4.79 Å². The lowest BCUT2D eigenvalue weighted by molar-refractivity contribution is -0.122. The third kappa shape index (κ3) is 3.35. The first-order valence-corrected chi connectivity index (χ1v) is 7.29. The van der Waals surface area contributed by atoms with E-state index in [-0.39, 0.29) is 5.91 Å². The molecule has 6 heteroatoms. The van der Waals surface area contributed by atoms with E-state index < -0.39 is 6.04 Å². The summed E-state index contributed by atoms with van der Waals surface area (Å²) >= 11 is 0. The number of H-pyrrole nitrogens is 2. The molecule has 5 N–H and O–H groups in total. The van der Waals surface area contributed by atoms with E-state index in [0.717, 1.165) is 23.3 Å². The van der Waals surface area contributed by atoms with E-state index in [2.05, 4.69) is 32.4 Å². The fourth-order valence-electron chi connectivity index (χ4n) is 2.45. The van der Waals surface area contributed by atoms with Crippen molar-refractivity contribution in [1.29, 1.82) is 0 Å². The summed E-state index contributed by atoms with van der Waals surface area (Å²) in [6.07, 6.45) is 4.46. The van der Waals surface area contributed by atoms with E-state index in [4.69, 9.17) is 5.73 Å². The van der Waals surface area contributed by atoms with Gasteiger partial charge in [0.25, 0.3) is 0 Å². The SMILES string of the molecule is NC(Cc1cnc[nH]1)C(=O)NCCc1cc2ccccc2[nH]1. The number of nitrogens with one attached hydrogen (secondary N) is 3. The molecule has 0 spiro atoms. The van der Waals surface area contributed by atoms with Gasteiger partial charge >= 0.3 is 0 Å². The van der Waals surface area contributed by atoms with Gasteiger partial charge in [0, 0.05) is 42.5 Å². The van der Waals surface area contributed by atoms with Crippen LogP contribution in [0.4, 0.5) is 0 Å². The number of fused-ring (bicyclic) bond motifs is 1. The normalized spacial score (nSPS) is 12.4. The number of amides is 1. The summed E-state index contributed by atoms with van der Waals surface area (Å²) in [6, 6.07) is 9.65. The number of benzene rings is 1. The molecule has 1 amide bonds. The monoisotopic (exact) mass is 297 g/mol. The van der Waals surface area contributed by atoms with Crippen LogP contribution in [0.25, 0.3) is 10.9 Å². The van der Waals surface area contributed by atoms with Crippen LogP contribution < -0.4 is 11.1 Å². The van der Waals surface area contributed by atoms with Crippen molar-refractivity contribution < 1.29 is 4.79 Å². The smallest absolute Gasteiger partial charge is 0.237 e. The Kier molecular flexibility index (Phi) is 4.20. The molecule has 22 heavy (non-hydrogen) atoms. The van der Waals surface area contributed by atoms with Crippen molar-refractivity contribution >= 4 is 16.8 Å². The summed E-state index contributed by atoms with van der Waals surface area (Å²) in [5, 5.41) is 4.05. The Balaban J connectivity index is 1.48. The van der Waals surface area contributed by atoms with Crippen LogP contribution in [0.15, 0.2) is 42.9 Å². The largest absolute Gasteiger partial charge is 0.358 e. The molecule has 2 heterocycles. The molecule has 3 aromatic rings. The second-order valence-corrected chi connectivity index (χ2v) is 5.31. The fraction of sp³-hybridized carbons (Fsp3) is 0.250. The predicted octanol–water partition coefficient (Wildman–Crippen LogP) is 1.12. The van der Waals surface area contributed by atoms with Crippen molar-refractivity contribution in [2.24, 2.45) is 5.73 Å². The topological polar surface area (TPSA) is 99.6 Å². The highest BCUT2D eigenvalue weighted by atomic mass is 16.2. The van der Waals surface area contributed by atoms with Crippen molar-refractivity contribution in [2.45, 2.75) is 18.9 Å². The molecule has 1 aromatic carbocycles. The minimum absolute atomic E-state index is 0.147. The zero-order valence-corrected chi connectivity index (χ0v) is 12.2.